The van der Waals surface area contributed by atoms with Crippen molar-refractivity contribution in [3.05, 3.63) is 29.8 Å². The SMILES string of the molecule is COc1ccnc(-c2nc(N(C)CC(=O)O)c3ccsc3n2)c1. The molecule has 0 fully saturated rings. The van der Waals surface area contributed by atoms with Crippen LogP contribution in [0, 0.1) is 0 Å². The molecule has 0 radical (unpaired) electrons. The molecule has 0 saturated carbocycles. The van der Waals surface area contributed by atoms with Gasteiger partial charge in [-0.2, -0.15) is 0 Å². The summed E-state index contributed by atoms with van der Waals surface area (Å²) in [6, 6.07) is 5.37. The third kappa shape index (κ3) is 3.07. The molecule has 3 aromatic heterocycles. The van der Waals surface area contributed by atoms with Gasteiger partial charge in [-0.25, -0.2) is 9.97 Å². The van der Waals surface area contributed by atoms with Crippen LogP contribution in [0.25, 0.3) is 21.7 Å². The monoisotopic (exact) mass is 330 g/mol. The Morgan fingerprint density at radius 1 is 1.39 bits per heavy atom. The number of pyridine rings is 1. The number of carboxylic acids is 1. The van der Waals surface area contributed by atoms with Crippen molar-refractivity contribution in [3.63, 3.8) is 0 Å². The predicted octanol–water partition coefficient (Wildman–Crippen LogP) is 2.28. The summed E-state index contributed by atoms with van der Waals surface area (Å²) < 4.78 is 5.20. The highest BCUT2D eigenvalue weighted by Gasteiger charge is 2.16. The zero-order valence-corrected chi connectivity index (χ0v) is 13.4. The molecule has 0 bridgehead atoms. The van der Waals surface area contributed by atoms with Crippen LogP contribution in [-0.2, 0) is 4.79 Å². The number of nitrogens with zero attached hydrogens (tertiary/aromatic N) is 4. The summed E-state index contributed by atoms with van der Waals surface area (Å²) in [5, 5.41) is 11.7. The molecule has 0 unspecified atom stereocenters. The van der Waals surface area contributed by atoms with Gasteiger partial charge in [0, 0.05) is 19.3 Å². The maximum atomic E-state index is 11.0. The van der Waals surface area contributed by atoms with E-state index < -0.39 is 5.97 Å². The molecule has 0 atom stereocenters. The van der Waals surface area contributed by atoms with E-state index in [-0.39, 0.29) is 6.54 Å². The Bertz CT molecular complexity index is 865. The summed E-state index contributed by atoms with van der Waals surface area (Å²) in [6.07, 6.45) is 1.62. The molecule has 0 aliphatic rings. The summed E-state index contributed by atoms with van der Waals surface area (Å²) in [7, 11) is 3.27. The Morgan fingerprint density at radius 3 is 2.96 bits per heavy atom. The minimum Gasteiger partial charge on any atom is -0.497 e. The maximum absolute atomic E-state index is 11.0. The third-order valence-corrected chi connectivity index (χ3v) is 4.04. The number of likely N-dealkylation sites (N-methyl/N-ethyl adjacent to an activating group) is 1. The number of fused-ring (bicyclic) bond motifs is 1. The van der Waals surface area contributed by atoms with Crippen LogP contribution in [0.1, 0.15) is 0 Å². The van der Waals surface area contributed by atoms with Crippen molar-refractivity contribution in [2.45, 2.75) is 0 Å². The zero-order chi connectivity index (χ0) is 16.4. The van der Waals surface area contributed by atoms with E-state index in [1.165, 1.54) is 11.3 Å². The fraction of sp³-hybridized carbons (Fsp3) is 0.200. The van der Waals surface area contributed by atoms with Gasteiger partial charge in [-0.1, -0.05) is 0 Å². The standard InChI is InChI=1S/C15H14N4O3S/c1-19(8-12(20)21)14-10-4-6-23-15(10)18-13(17-14)11-7-9(22-2)3-5-16-11/h3-7H,8H2,1-2H3,(H,20,21). The summed E-state index contributed by atoms with van der Waals surface area (Å²) in [5.41, 5.74) is 0.574. The fourth-order valence-electron chi connectivity index (χ4n) is 2.18. The van der Waals surface area contributed by atoms with Crippen molar-refractivity contribution in [3.8, 4) is 17.3 Å². The van der Waals surface area contributed by atoms with Gasteiger partial charge in [0.25, 0.3) is 0 Å². The first kappa shape index (κ1) is 15.2. The lowest BCUT2D eigenvalue weighted by Gasteiger charge is -2.17. The topological polar surface area (TPSA) is 88.4 Å². The van der Waals surface area contributed by atoms with E-state index in [1.807, 2.05) is 11.4 Å². The summed E-state index contributed by atoms with van der Waals surface area (Å²) >= 11 is 1.47. The van der Waals surface area contributed by atoms with Crippen molar-refractivity contribution >= 4 is 33.3 Å². The number of hydrogen-bond acceptors (Lipinski definition) is 7. The molecule has 0 aliphatic carbocycles. The van der Waals surface area contributed by atoms with Gasteiger partial charge in [-0.3, -0.25) is 9.78 Å². The quantitative estimate of drug-likeness (QED) is 0.767. The highest BCUT2D eigenvalue weighted by Crippen LogP contribution is 2.30. The van der Waals surface area contributed by atoms with Crippen LogP contribution in [0.15, 0.2) is 29.8 Å². The third-order valence-electron chi connectivity index (χ3n) is 3.24. The molecule has 0 amide bonds. The van der Waals surface area contributed by atoms with Crippen molar-refractivity contribution in [1.29, 1.82) is 0 Å². The summed E-state index contributed by atoms with van der Waals surface area (Å²) in [4.78, 5) is 26.7. The molecule has 8 heteroatoms. The molecule has 1 N–H and O–H groups in total. The van der Waals surface area contributed by atoms with Crippen LogP contribution >= 0.6 is 11.3 Å². The lowest BCUT2D eigenvalue weighted by Crippen LogP contribution is -2.26. The lowest BCUT2D eigenvalue weighted by molar-refractivity contribution is -0.135. The second-order valence-corrected chi connectivity index (χ2v) is 5.74. The highest BCUT2D eigenvalue weighted by atomic mass is 32.1. The van der Waals surface area contributed by atoms with Gasteiger partial charge >= 0.3 is 5.97 Å². The molecule has 118 valence electrons. The molecule has 7 nitrogen and oxygen atoms in total. The molecular formula is C15H14N4O3S. The number of carboxylic acid groups (broad SMARTS) is 1. The minimum absolute atomic E-state index is 0.146. The van der Waals surface area contributed by atoms with E-state index in [0.29, 0.717) is 23.1 Å². The van der Waals surface area contributed by atoms with Crippen LogP contribution in [0.3, 0.4) is 0 Å². The van der Waals surface area contributed by atoms with E-state index >= 15 is 0 Å². The second-order valence-electron chi connectivity index (χ2n) is 4.84. The first-order valence-corrected chi connectivity index (χ1v) is 7.65. The number of thiophene rings is 1. The Balaban J connectivity index is 2.13. The van der Waals surface area contributed by atoms with E-state index in [4.69, 9.17) is 9.84 Å². The number of rotatable bonds is 5. The van der Waals surface area contributed by atoms with Crippen molar-refractivity contribution in [2.75, 3.05) is 25.6 Å². The van der Waals surface area contributed by atoms with Gasteiger partial charge in [0.1, 0.15) is 28.6 Å². The first-order valence-electron chi connectivity index (χ1n) is 6.77. The number of ether oxygens (including phenoxy) is 1. The van der Waals surface area contributed by atoms with Crippen LogP contribution in [-0.4, -0.2) is 46.7 Å². The van der Waals surface area contributed by atoms with Crippen LogP contribution < -0.4 is 9.64 Å². The van der Waals surface area contributed by atoms with Gasteiger partial charge in [-0.05, 0) is 17.5 Å². The summed E-state index contributed by atoms with van der Waals surface area (Å²) in [5.74, 6) is 0.741. The molecular weight excluding hydrogens is 316 g/mol. The smallest absolute Gasteiger partial charge is 0.323 e. The number of methoxy groups -OCH3 is 1. The molecule has 3 rings (SSSR count). The van der Waals surface area contributed by atoms with Gasteiger partial charge in [-0.15, -0.1) is 11.3 Å². The number of hydrogen-bond donors (Lipinski definition) is 1. The molecule has 0 saturated heterocycles. The van der Waals surface area contributed by atoms with E-state index in [0.717, 1.165) is 10.2 Å². The van der Waals surface area contributed by atoms with Crippen LogP contribution in [0.2, 0.25) is 0 Å². The molecule has 3 heterocycles. The lowest BCUT2D eigenvalue weighted by atomic mass is 10.3. The number of aliphatic carboxylic acids is 1. The second kappa shape index (κ2) is 6.17. The van der Waals surface area contributed by atoms with Crippen molar-refractivity contribution < 1.29 is 14.6 Å². The number of carbonyl (C=O) groups is 1. The first-order chi connectivity index (χ1) is 11.1. The fourth-order valence-corrected chi connectivity index (χ4v) is 2.94. The molecule has 0 spiro atoms. The van der Waals surface area contributed by atoms with E-state index in [1.54, 1.807) is 37.4 Å². The predicted molar refractivity (Wildman–Crippen MR) is 88.1 cm³/mol. The average Bonchev–Trinajstić information content (AvgIpc) is 3.01. The zero-order valence-electron chi connectivity index (χ0n) is 12.6. The van der Waals surface area contributed by atoms with E-state index in [9.17, 15) is 4.79 Å². The van der Waals surface area contributed by atoms with Gasteiger partial charge in [0.05, 0.1) is 12.5 Å². The Kier molecular flexibility index (Phi) is 4.07. The van der Waals surface area contributed by atoms with Crippen LogP contribution in [0.4, 0.5) is 5.82 Å². The molecule has 0 aliphatic heterocycles. The maximum Gasteiger partial charge on any atom is 0.323 e. The normalized spacial score (nSPS) is 10.7. The largest absolute Gasteiger partial charge is 0.497 e. The Labute approximate surface area is 136 Å². The van der Waals surface area contributed by atoms with Crippen LogP contribution in [0.5, 0.6) is 5.75 Å². The highest BCUT2D eigenvalue weighted by molar-refractivity contribution is 7.16. The van der Waals surface area contributed by atoms with Gasteiger partial charge in [0.15, 0.2) is 5.82 Å². The Morgan fingerprint density at radius 2 is 2.22 bits per heavy atom. The van der Waals surface area contributed by atoms with E-state index in [2.05, 4.69) is 15.0 Å². The van der Waals surface area contributed by atoms with Gasteiger partial charge in [0.2, 0.25) is 0 Å². The van der Waals surface area contributed by atoms with Gasteiger partial charge < -0.3 is 14.7 Å². The van der Waals surface area contributed by atoms with Crippen molar-refractivity contribution in [2.24, 2.45) is 0 Å². The van der Waals surface area contributed by atoms with Crippen molar-refractivity contribution in [1.82, 2.24) is 15.0 Å². The number of anilines is 1. The number of aromatic nitrogens is 3. The average molecular weight is 330 g/mol. The molecule has 23 heavy (non-hydrogen) atoms. The summed E-state index contributed by atoms with van der Waals surface area (Å²) in [6.45, 7) is -0.146. The minimum atomic E-state index is -0.921. The molecule has 0 aromatic carbocycles. The Hall–Kier alpha value is -2.74. The molecule has 3 aromatic rings.